The lowest BCUT2D eigenvalue weighted by Gasteiger charge is -2.09. The topological polar surface area (TPSA) is 65.5 Å². The van der Waals surface area contributed by atoms with Crippen molar-refractivity contribution < 1.29 is 9.90 Å². The van der Waals surface area contributed by atoms with Crippen molar-refractivity contribution in [2.75, 3.05) is 0 Å². The molecule has 4 heteroatoms. The van der Waals surface area contributed by atoms with Gasteiger partial charge in [0.2, 0.25) is 0 Å². The fourth-order valence-electron chi connectivity index (χ4n) is 2.77. The van der Waals surface area contributed by atoms with Crippen LogP contribution >= 0.6 is 0 Å². The van der Waals surface area contributed by atoms with Crippen LogP contribution < -0.4 is 0 Å². The van der Waals surface area contributed by atoms with Gasteiger partial charge in [-0.25, -0.2) is 0 Å². The quantitative estimate of drug-likeness (QED) is 0.555. The van der Waals surface area contributed by atoms with E-state index in [0.717, 1.165) is 22.2 Å². The Balaban J connectivity index is 2.30. The predicted molar refractivity (Wildman–Crippen MR) is 97.2 cm³/mol. The molecule has 0 bridgehead atoms. The van der Waals surface area contributed by atoms with Gasteiger partial charge in [0.1, 0.15) is 0 Å². The van der Waals surface area contributed by atoms with Gasteiger partial charge in [0, 0.05) is 28.1 Å². The second kappa shape index (κ2) is 6.32. The SMILES string of the molecule is CC(=O)c1ccc2[nH]c(O)c(C(=NC(C)C)c3ccccc3)c2c1. The van der Waals surface area contributed by atoms with Crippen LogP contribution in [0.4, 0.5) is 0 Å². The fraction of sp³-hybridized carbons (Fsp3) is 0.200. The molecule has 0 saturated heterocycles. The van der Waals surface area contributed by atoms with E-state index in [9.17, 15) is 9.90 Å². The first-order chi connectivity index (χ1) is 11.5. The summed E-state index contributed by atoms with van der Waals surface area (Å²) in [4.78, 5) is 19.4. The van der Waals surface area contributed by atoms with E-state index in [-0.39, 0.29) is 17.7 Å². The van der Waals surface area contributed by atoms with Crippen LogP contribution in [0.2, 0.25) is 0 Å². The Labute approximate surface area is 140 Å². The van der Waals surface area contributed by atoms with Crippen molar-refractivity contribution in [3.8, 4) is 5.88 Å². The third-order valence-electron chi connectivity index (χ3n) is 3.86. The number of carbonyl (C=O) groups is 1. The molecular weight excluding hydrogens is 300 g/mol. The van der Waals surface area contributed by atoms with Crippen LogP contribution in [0.25, 0.3) is 10.9 Å². The third kappa shape index (κ3) is 2.95. The zero-order chi connectivity index (χ0) is 17.3. The summed E-state index contributed by atoms with van der Waals surface area (Å²) in [6.07, 6.45) is 0. The van der Waals surface area contributed by atoms with Crippen LogP contribution in [0, 0.1) is 0 Å². The average molecular weight is 320 g/mol. The van der Waals surface area contributed by atoms with Crippen LogP contribution in [0.3, 0.4) is 0 Å². The van der Waals surface area contributed by atoms with E-state index in [1.807, 2.05) is 56.3 Å². The summed E-state index contributed by atoms with van der Waals surface area (Å²) < 4.78 is 0. The Hall–Kier alpha value is -2.88. The highest BCUT2D eigenvalue weighted by atomic mass is 16.3. The molecule has 4 nitrogen and oxygen atoms in total. The fourth-order valence-corrected chi connectivity index (χ4v) is 2.77. The van der Waals surface area contributed by atoms with Crippen molar-refractivity contribution in [2.45, 2.75) is 26.8 Å². The van der Waals surface area contributed by atoms with Gasteiger partial charge in [0.15, 0.2) is 11.7 Å². The highest BCUT2D eigenvalue weighted by molar-refractivity contribution is 6.21. The molecule has 0 aliphatic rings. The monoisotopic (exact) mass is 320 g/mol. The smallest absolute Gasteiger partial charge is 0.199 e. The molecule has 0 atom stereocenters. The number of aromatic amines is 1. The van der Waals surface area contributed by atoms with Crippen molar-refractivity contribution in [1.29, 1.82) is 0 Å². The first kappa shape index (κ1) is 16.0. The molecule has 24 heavy (non-hydrogen) atoms. The van der Waals surface area contributed by atoms with Crippen LogP contribution in [0.5, 0.6) is 5.88 Å². The first-order valence-electron chi connectivity index (χ1n) is 7.96. The van der Waals surface area contributed by atoms with Crippen LogP contribution in [0.15, 0.2) is 53.5 Å². The molecule has 0 saturated carbocycles. The Morgan fingerprint density at radius 2 is 1.79 bits per heavy atom. The van der Waals surface area contributed by atoms with Gasteiger partial charge in [-0.2, -0.15) is 0 Å². The Kier molecular flexibility index (Phi) is 4.21. The number of carbonyl (C=O) groups excluding carboxylic acids is 1. The molecule has 0 fully saturated rings. The molecule has 0 radical (unpaired) electrons. The number of aromatic hydroxyl groups is 1. The lowest BCUT2D eigenvalue weighted by atomic mass is 9.99. The Bertz CT molecular complexity index is 921. The summed E-state index contributed by atoms with van der Waals surface area (Å²) in [6.45, 7) is 5.53. The minimum atomic E-state index is -0.00870. The molecule has 1 aromatic heterocycles. The first-order valence-corrected chi connectivity index (χ1v) is 7.96. The largest absolute Gasteiger partial charge is 0.494 e. The number of H-pyrrole nitrogens is 1. The molecular formula is C20H20N2O2. The van der Waals surface area contributed by atoms with Crippen molar-refractivity contribution in [1.82, 2.24) is 4.98 Å². The molecule has 3 aromatic rings. The summed E-state index contributed by atoms with van der Waals surface area (Å²) in [5.41, 5.74) is 3.67. The molecule has 3 rings (SSSR count). The van der Waals surface area contributed by atoms with Crippen molar-refractivity contribution in [3.05, 3.63) is 65.2 Å². The van der Waals surface area contributed by atoms with E-state index in [2.05, 4.69) is 4.98 Å². The normalized spacial score (nSPS) is 12.1. The van der Waals surface area contributed by atoms with Gasteiger partial charge in [-0.05, 0) is 39.0 Å². The molecule has 0 amide bonds. The summed E-state index contributed by atoms with van der Waals surface area (Å²) in [5.74, 6) is 0.0551. The number of rotatable bonds is 4. The molecule has 0 spiro atoms. The number of hydrogen-bond acceptors (Lipinski definition) is 3. The summed E-state index contributed by atoms with van der Waals surface area (Å²) in [6, 6.07) is 15.2. The molecule has 2 N–H and O–H groups in total. The number of aromatic nitrogens is 1. The Morgan fingerprint density at radius 1 is 1.08 bits per heavy atom. The molecule has 122 valence electrons. The molecule has 0 unspecified atom stereocenters. The Morgan fingerprint density at radius 3 is 2.42 bits per heavy atom. The van der Waals surface area contributed by atoms with Crippen molar-refractivity contribution in [2.24, 2.45) is 4.99 Å². The lowest BCUT2D eigenvalue weighted by Crippen LogP contribution is -2.07. The number of ketones is 1. The molecule has 0 aliphatic heterocycles. The van der Waals surface area contributed by atoms with Gasteiger partial charge in [-0.15, -0.1) is 0 Å². The van der Waals surface area contributed by atoms with E-state index in [4.69, 9.17) is 4.99 Å². The molecule has 0 aliphatic carbocycles. The van der Waals surface area contributed by atoms with E-state index < -0.39 is 0 Å². The van der Waals surface area contributed by atoms with E-state index in [0.29, 0.717) is 11.1 Å². The number of Topliss-reactive ketones (excluding diaryl/α,β-unsaturated/α-hetero) is 1. The van der Waals surface area contributed by atoms with Gasteiger partial charge in [0.25, 0.3) is 0 Å². The van der Waals surface area contributed by atoms with Crippen molar-refractivity contribution >= 4 is 22.4 Å². The van der Waals surface area contributed by atoms with Gasteiger partial charge < -0.3 is 10.1 Å². The minimum Gasteiger partial charge on any atom is -0.494 e. The highest BCUT2D eigenvalue weighted by Gasteiger charge is 2.19. The highest BCUT2D eigenvalue weighted by Crippen LogP contribution is 2.31. The third-order valence-corrected chi connectivity index (χ3v) is 3.86. The summed E-state index contributed by atoms with van der Waals surface area (Å²) >= 11 is 0. The maximum Gasteiger partial charge on any atom is 0.199 e. The van der Waals surface area contributed by atoms with Crippen LogP contribution in [-0.4, -0.2) is 27.6 Å². The van der Waals surface area contributed by atoms with E-state index in [1.54, 1.807) is 6.07 Å². The average Bonchev–Trinajstić information content (AvgIpc) is 2.88. The number of nitrogens with one attached hydrogen (secondary N) is 1. The maximum absolute atomic E-state index is 11.7. The number of hydrogen-bond donors (Lipinski definition) is 2. The van der Waals surface area contributed by atoms with E-state index in [1.165, 1.54) is 6.92 Å². The van der Waals surface area contributed by atoms with Gasteiger partial charge >= 0.3 is 0 Å². The number of aliphatic imine (C=N–C) groups is 1. The number of benzene rings is 2. The zero-order valence-corrected chi connectivity index (χ0v) is 14.0. The second-order valence-corrected chi connectivity index (χ2v) is 6.10. The molecule has 1 heterocycles. The predicted octanol–water partition coefficient (Wildman–Crippen LogP) is 4.32. The lowest BCUT2D eigenvalue weighted by molar-refractivity contribution is 0.101. The van der Waals surface area contributed by atoms with Gasteiger partial charge in [-0.3, -0.25) is 9.79 Å². The van der Waals surface area contributed by atoms with Gasteiger partial charge in [-0.1, -0.05) is 30.3 Å². The second-order valence-electron chi connectivity index (χ2n) is 6.10. The molecule has 2 aromatic carbocycles. The summed E-state index contributed by atoms with van der Waals surface area (Å²) in [5, 5.41) is 11.3. The van der Waals surface area contributed by atoms with Crippen LogP contribution in [0.1, 0.15) is 42.3 Å². The number of fused-ring (bicyclic) bond motifs is 1. The zero-order valence-electron chi connectivity index (χ0n) is 14.0. The summed E-state index contributed by atoms with van der Waals surface area (Å²) in [7, 11) is 0. The van der Waals surface area contributed by atoms with Crippen molar-refractivity contribution in [3.63, 3.8) is 0 Å². The van der Waals surface area contributed by atoms with E-state index >= 15 is 0 Å². The van der Waals surface area contributed by atoms with Crippen LogP contribution in [-0.2, 0) is 0 Å². The minimum absolute atomic E-state index is 0.00870. The maximum atomic E-state index is 11.7. The van der Waals surface area contributed by atoms with Gasteiger partial charge in [0.05, 0.1) is 11.3 Å². The standard InChI is InChI=1S/C20H20N2O2/c1-12(2)21-19(14-7-5-4-6-8-14)18-16-11-15(13(3)23)9-10-17(16)22-20(18)24/h4-12,22,24H,1-3H3. The number of nitrogens with zero attached hydrogens (tertiary/aromatic N) is 1.